The van der Waals surface area contributed by atoms with Crippen LogP contribution in [0.25, 0.3) is 0 Å². The van der Waals surface area contributed by atoms with E-state index in [1.807, 2.05) is 0 Å². The van der Waals surface area contributed by atoms with Gasteiger partial charge in [0.1, 0.15) is 23.5 Å². The smallest absolute Gasteiger partial charge is 0.394 e. The number of hydrogen-bond acceptors (Lipinski definition) is 8. The second kappa shape index (κ2) is 11.8. The quantitative estimate of drug-likeness (QED) is 0.434. The van der Waals surface area contributed by atoms with E-state index in [2.05, 4.69) is 41.7 Å². The van der Waals surface area contributed by atoms with E-state index in [0.29, 0.717) is 25.9 Å². The number of nitrogens with zero attached hydrogens (tertiary/aromatic N) is 3. The molecule has 14 heteroatoms. The summed E-state index contributed by atoms with van der Waals surface area (Å²) in [5.74, 6) is -1.26. The number of ether oxygens (including phenoxy) is 2. The van der Waals surface area contributed by atoms with Crippen molar-refractivity contribution in [1.82, 2.24) is 30.6 Å². The first-order valence-corrected chi connectivity index (χ1v) is 11.9. The van der Waals surface area contributed by atoms with E-state index in [0.717, 1.165) is 0 Å². The summed E-state index contributed by atoms with van der Waals surface area (Å²) in [6.07, 6.45) is -2.10. The lowest BCUT2D eigenvalue weighted by Crippen LogP contribution is -2.64. The summed E-state index contributed by atoms with van der Waals surface area (Å²) in [6, 6.07) is 0.0330. The van der Waals surface area contributed by atoms with Crippen LogP contribution in [0.1, 0.15) is 19.8 Å². The minimum atomic E-state index is -4.21. The van der Waals surface area contributed by atoms with Crippen LogP contribution in [0.3, 0.4) is 0 Å². The van der Waals surface area contributed by atoms with Crippen molar-refractivity contribution in [1.29, 1.82) is 0 Å². The van der Waals surface area contributed by atoms with Gasteiger partial charge in [0.15, 0.2) is 5.75 Å². The van der Waals surface area contributed by atoms with Crippen LogP contribution in [0, 0.1) is 5.92 Å². The van der Waals surface area contributed by atoms with E-state index in [1.54, 1.807) is 18.9 Å². The van der Waals surface area contributed by atoms with E-state index in [-0.39, 0.29) is 54.8 Å². The van der Waals surface area contributed by atoms with Gasteiger partial charge in [-0.05, 0) is 35.7 Å². The minimum absolute atomic E-state index is 0.0330. The van der Waals surface area contributed by atoms with Gasteiger partial charge >= 0.3 is 6.18 Å². The third kappa shape index (κ3) is 7.13. The number of alkyl halides is 3. The number of halogens is 4. The molecule has 3 heterocycles. The molecule has 0 saturated carbocycles. The molecule has 0 spiro atoms. The van der Waals surface area contributed by atoms with E-state index >= 15 is 0 Å². The lowest BCUT2D eigenvalue weighted by atomic mass is 10.0. The Kier molecular flexibility index (Phi) is 9.32. The van der Waals surface area contributed by atoms with Gasteiger partial charge in [0.2, 0.25) is 5.91 Å². The standard InChI is InChI=1S/C20H30BrF3N6O4/c1-12(34-15-9-27-28-18(32)17(15)21)10-33-11-16(31)29(2)14-3-5-30(6-4-14)19-25-7-13(8-26-19)20(22,23)24/h9,12-14,19,25-26H,3-8,10-11H2,1-2H3,(H,28,32)/t12-,13?,19?/m0/s1. The maximum atomic E-state index is 12.8. The summed E-state index contributed by atoms with van der Waals surface area (Å²) in [7, 11) is 1.73. The maximum Gasteiger partial charge on any atom is 0.394 e. The highest BCUT2D eigenvalue weighted by Gasteiger charge is 2.42. The minimum Gasteiger partial charge on any atom is -0.485 e. The fourth-order valence-corrected chi connectivity index (χ4v) is 4.28. The number of likely N-dealkylation sites (N-methyl/N-ethyl adjacent to an activating group) is 1. The molecule has 0 aliphatic carbocycles. The second-order valence-corrected chi connectivity index (χ2v) is 9.34. The van der Waals surface area contributed by atoms with Gasteiger partial charge in [0, 0.05) is 39.3 Å². The van der Waals surface area contributed by atoms with Crippen LogP contribution < -0.4 is 20.9 Å². The molecule has 0 radical (unpaired) electrons. The Morgan fingerprint density at radius 3 is 2.59 bits per heavy atom. The Hall–Kier alpha value is -1.74. The number of amides is 1. The Labute approximate surface area is 203 Å². The number of carbonyl (C=O) groups is 1. The molecule has 10 nitrogen and oxygen atoms in total. The average Bonchev–Trinajstić information content (AvgIpc) is 2.81. The number of rotatable bonds is 8. The van der Waals surface area contributed by atoms with Crippen molar-refractivity contribution >= 4 is 21.8 Å². The van der Waals surface area contributed by atoms with Crippen LogP contribution >= 0.6 is 15.9 Å². The summed E-state index contributed by atoms with van der Waals surface area (Å²) < 4.78 is 49.8. The lowest BCUT2D eigenvalue weighted by Gasteiger charge is -2.43. The van der Waals surface area contributed by atoms with Gasteiger partial charge in [-0.1, -0.05) is 0 Å². The Bertz CT molecular complexity index is 873. The highest BCUT2D eigenvalue weighted by molar-refractivity contribution is 9.10. The van der Waals surface area contributed by atoms with Gasteiger partial charge in [-0.25, -0.2) is 5.10 Å². The SMILES string of the molecule is C[C@@H](COCC(=O)N(C)C1CCN(C2NCC(C(F)(F)F)CN2)CC1)Oc1cn[nH]c(=O)c1Br. The van der Waals surface area contributed by atoms with Gasteiger partial charge in [-0.3, -0.25) is 25.1 Å². The molecule has 1 aromatic rings. The summed E-state index contributed by atoms with van der Waals surface area (Å²) in [5.41, 5.74) is -0.408. The van der Waals surface area contributed by atoms with Gasteiger partial charge in [0.25, 0.3) is 5.56 Å². The van der Waals surface area contributed by atoms with Gasteiger partial charge in [-0.2, -0.15) is 18.3 Å². The van der Waals surface area contributed by atoms with E-state index in [1.165, 1.54) is 6.20 Å². The summed E-state index contributed by atoms with van der Waals surface area (Å²) in [6.45, 7) is 2.91. The van der Waals surface area contributed by atoms with Crippen LogP contribution in [0.4, 0.5) is 13.2 Å². The molecule has 1 amide bonds. The molecule has 2 aliphatic heterocycles. The molecule has 1 atom stereocenters. The predicted octanol–water partition coefficient (Wildman–Crippen LogP) is 0.894. The van der Waals surface area contributed by atoms with E-state index in [4.69, 9.17) is 9.47 Å². The second-order valence-electron chi connectivity index (χ2n) is 8.55. The molecular weight excluding hydrogens is 525 g/mol. The molecule has 3 N–H and O–H groups in total. The monoisotopic (exact) mass is 554 g/mol. The molecule has 0 unspecified atom stereocenters. The van der Waals surface area contributed by atoms with Crippen molar-refractivity contribution in [3.8, 4) is 5.75 Å². The largest absolute Gasteiger partial charge is 0.485 e. The van der Waals surface area contributed by atoms with Crippen LogP contribution in [0.5, 0.6) is 5.75 Å². The van der Waals surface area contributed by atoms with Crippen molar-refractivity contribution in [3.63, 3.8) is 0 Å². The Morgan fingerprint density at radius 2 is 1.97 bits per heavy atom. The van der Waals surface area contributed by atoms with E-state index < -0.39 is 23.8 Å². The number of hydrogen-bond donors (Lipinski definition) is 3. The Morgan fingerprint density at radius 1 is 1.32 bits per heavy atom. The summed E-state index contributed by atoms with van der Waals surface area (Å²) in [4.78, 5) is 27.8. The molecule has 3 rings (SSSR count). The number of aromatic nitrogens is 2. The van der Waals surface area contributed by atoms with Crippen molar-refractivity contribution in [2.24, 2.45) is 5.92 Å². The molecular formula is C20H30BrF3N6O4. The predicted molar refractivity (Wildman–Crippen MR) is 120 cm³/mol. The summed E-state index contributed by atoms with van der Waals surface area (Å²) >= 11 is 3.14. The molecule has 192 valence electrons. The first-order chi connectivity index (χ1) is 16.1. The molecule has 34 heavy (non-hydrogen) atoms. The highest BCUT2D eigenvalue weighted by Crippen LogP contribution is 2.27. The molecule has 0 aromatic carbocycles. The van der Waals surface area contributed by atoms with Crippen LogP contribution in [0.15, 0.2) is 15.5 Å². The van der Waals surface area contributed by atoms with Gasteiger partial charge in [-0.15, -0.1) is 0 Å². The molecule has 0 bridgehead atoms. The fourth-order valence-electron chi connectivity index (χ4n) is 3.99. The zero-order valence-corrected chi connectivity index (χ0v) is 20.6. The maximum absolute atomic E-state index is 12.8. The van der Waals surface area contributed by atoms with Crippen molar-refractivity contribution in [3.05, 3.63) is 21.0 Å². The number of nitrogens with one attached hydrogen (secondary N) is 3. The Balaban J connectivity index is 1.35. The van der Waals surface area contributed by atoms with Crippen molar-refractivity contribution in [2.45, 2.75) is 44.4 Å². The third-order valence-corrected chi connectivity index (χ3v) is 6.80. The highest BCUT2D eigenvalue weighted by atomic mass is 79.9. The van der Waals surface area contributed by atoms with Crippen molar-refractivity contribution < 1.29 is 27.4 Å². The number of piperidine rings is 1. The zero-order valence-electron chi connectivity index (χ0n) is 19.0. The molecule has 1 aromatic heterocycles. The molecule has 2 aliphatic rings. The fraction of sp³-hybridized carbons (Fsp3) is 0.750. The number of aromatic amines is 1. The third-order valence-electron chi connectivity index (χ3n) is 6.05. The average molecular weight is 555 g/mol. The van der Waals surface area contributed by atoms with Crippen LogP contribution in [0.2, 0.25) is 0 Å². The van der Waals surface area contributed by atoms with Crippen LogP contribution in [-0.4, -0.2) is 97.0 Å². The lowest BCUT2D eigenvalue weighted by molar-refractivity contribution is -0.179. The first-order valence-electron chi connectivity index (χ1n) is 11.1. The normalized spacial score (nSPS) is 23.5. The number of likely N-dealkylation sites (tertiary alicyclic amines) is 1. The first kappa shape index (κ1) is 26.9. The number of H-pyrrole nitrogens is 1. The molecule has 2 saturated heterocycles. The van der Waals surface area contributed by atoms with E-state index in [9.17, 15) is 22.8 Å². The summed E-state index contributed by atoms with van der Waals surface area (Å²) in [5, 5.41) is 11.8. The topological polar surface area (TPSA) is 112 Å². The molecule has 2 fully saturated rings. The van der Waals surface area contributed by atoms with Crippen molar-refractivity contribution in [2.75, 3.05) is 46.4 Å². The van der Waals surface area contributed by atoms with Crippen LogP contribution in [-0.2, 0) is 9.53 Å². The number of carbonyl (C=O) groups excluding carboxylic acids is 1. The zero-order chi connectivity index (χ0) is 24.9. The van der Waals surface area contributed by atoms with Gasteiger partial charge in [0.05, 0.1) is 18.7 Å². The van der Waals surface area contributed by atoms with Gasteiger partial charge < -0.3 is 14.4 Å².